The molecule has 0 spiro atoms. The third-order valence-corrected chi connectivity index (χ3v) is 8.03. The number of carbonyl (C=O) groups is 2. The molecule has 0 saturated heterocycles. The van der Waals surface area contributed by atoms with Crippen LogP contribution in [0.3, 0.4) is 0 Å². The van der Waals surface area contributed by atoms with E-state index in [0.29, 0.717) is 64.0 Å². The van der Waals surface area contributed by atoms with Gasteiger partial charge in [0.05, 0.1) is 11.3 Å². The molecule has 42 heavy (non-hydrogen) atoms. The molecule has 216 valence electrons. The van der Waals surface area contributed by atoms with Crippen molar-refractivity contribution < 1.29 is 19.1 Å². The summed E-state index contributed by atoms with van der Waals surface area (Å²) in [5, 5.41) is 28.8. The van der Waals surface area contributed by atoms with Gasteiger partial charge >= 0.3 is 5.97 Å². The van der Waals surface area contributed by atoms with E-state index in [1.807, 2.05) is 26.8 Å². The molecule has 0 radical (unpaired) electrons. The number of anilines is 1. The van der Waals surface area contributed by atoms with Crippen LogP contribution in [0.1, 0.15) is 68.1 Å². The van der Waals surface area contributed by atoms with Gasteiger partial charge < -0.3 is 15.3 Å². The van der Waals surface area contributed by atoms with Crippen molar-refractivity contribution in [1.29, 1.82) is 0 Å². The Morgan fingerprint density at radius 2 is 1.93 bits per heavy atom. The van der Waals surface area contributed by atoms with Crippen LogP contribution >= 0.6 is 11.6 Å². The van der Waals surface area contributed by atoms with E-state index in [1.54, 1.807) is 42.5 Å². The molecule has 11 heteroatoms. The summed E-state index contributed by atoms with van der Waals surface area (Å²) < 4.78 is 7.82. The van der Waals surface area contributed by atoms with Crippen molar-refractivity contribution in [3.05, 3.63) is 88.1 Å². The van der Waals surface area contributed by atoms with E-state index >= 15 is 0 Å². The van der Waals surface area contributed by atoms with Crippen LogP contribution in [0.2, 0.25) is 5.02 Å². The number of aromatic nitrogens is 5. The fourth-order valence-electron chi connectivity index (χ4n) is 5.76. The number of rotatable bonds is 7. The summed E-state index contributed by atoms with van der Waals surface area (Å²) in [6.07, 6.45) is 6.81. The molecule has 10 nitrogen and oxygen atoms in total. The van der Waals surface area contributed by atoms with E-state index in [-0.39, 0.29) is 5.91 Å². The molecule has 1 saturated carbocycles. The molecule has 1 unspecified atom stereocenters. The largest absolute Gasteiger partial charge is 0.618 e. The Kier molecular flexibility index (Phi) is 6.97. The van der Waals surface area contributed by atoms with Crippen molar-refractivity contribution in [2.24, 2.45) is 5.92 Å². The number of pyridine rings is 1. The van der Waals surface area contributed by atoms with E-state index in [2.05, 4.69) is 20.8 Å². The van der Waals surface area contributed by atoms with Crippen molar-refractivity contribution in [3.8, 4) is 16.8 Å². The first-order valence-corrected chi connectivity index (χ1v) is 14.3. The Hall–Kier alpha value is -4.31. The number of nitrogens with zero attached hydrogens (tertiary/aromatic N) is 5. The zero-order valence-corrected chi connectivity index (χ0v) is 24.4. The first-order valence-electron chi connectivity index (χ1n) is 14.0. The summed E-state index contributed by atoms with van der Waals surface area (Å²) in [6, 6.07) is 13.9. The van der Waals surface area contributed by atoms with Gasteiger partial charge in [-0.3, -0.25) is 4.79 Å². The summed E-state index contributed by atoms with van der Waals surface area (Å²) in [5.74, 6) is -0.246. The lowest BCUT2D eigenvalue weighted by Crippen LogP contribution is -2.48. The predicted octanol–water partition coefficient (Wildman–Crippen LogP) is 5.19. The first kappa shape index (κ1) is 27.8. The van der Waals surface area contributed by atoms with Crippen molar-refractivity contribution in [2.75, 3.05) is 5.32 Å². The molecule has 2 aliphatic rings. The molecule has 0 aliphatic heterocycles. The van der Waals surface area contributed by atoms with Crippen LogP contribution in [0.25, 0.3) is 16.8 Å². The second-order valence-corrected chi connectivity index (χ2v) is 12.5. The molecule has 6 rings (SSSR count). The maximum Gasteiger partial charge on any atom is 0.338 e. The Balaban J connectivity index is 1.32. The quantitative estimate of drug-likeness (QED) is 0.179. The van der Waals surface area contributed by atoms with Gasteiger partial charge in [-0.25, -0.2) is 4.79 Å². The number of carbonyl (C=O) groups excluding carboxylic acids is 2. The van der Waals surface area contributed by atoms with Gasteiger partial charge in [-0.2, -0.15) is 9.41 Å². The number of nitrogens with one attached hydrogen (secondary N) is 1. The number of aryl methyl sites for hydroxylation is 1. The minimum Gasteiger partial charge on any atom is -0.618 e. The van der Waals surface area contributed by atoms with Gasteiger partial charge in [-0.1, -0.05) is 24.4 Å². The number of hydrogen-bond acceptors (Lipinski definition) is 7. The Labute approximate surface area is 248 Å². The third kappa shape index (κ3) is 5.46. The molecule has 2 aromatic heterocycles. The van der Waals surface area contributed by atoms with Crippen molar-refractivity contribution in [3.63, 3.8) is 0 Å². The average molecular weight is 587 g/mol. The highest BCUT2D eigenvalue weighted by Gasteiger charge is 2.54. The SMILES string of the molecule is CC(C)(C)OC(=O)c1ccc(NC(=O)C2(CC3CC3)CCc3cc(-c4cc(Cl)ccc4-n4cnnn4)c[n+]([O-])c32)cc1. The average Bonchev–Trinajstić information content (AvgIpc) is 3.42. The van der Waals surface area contributed by atoms with Crippen LogP contribution in [0.15, 0.2) is 61.1 Å². The fourth-order valence-corrected chi connectivity index (χ4v) is 5.94. The van der Waals surface area contributed by atoms with Crippen LogP contribution in [-0.2, 0) is 21.4 Å². The van der Waals surface area contributed by atoms with Crippen LogP contribution in [0, 0.1) is 11.1 Å². The van der Waals surface area contributed by atoms with Crippen LogP contribution in [0.5, 0.6) is 0 Å². The summed E-state index contributed by atoms with van der Waals surface area (Å²) in [6.45, 7) is 5.43. The van der Waals surface area contributed by atoms with Gasteiger partial charge in [0.1, 0.15) is 17.3 Å². The molecule has 2 heterocycles. The number of ether oxygens (including phenoxy) is 1. The van der Waals surface area contributed by atoms with Crippen molar-refractivity contribution >= 4 is 29.2 Å². The van der Waals surface area contributed by atoms with Gasteiger partial charge in [0.2, 0.25) is 11.6 Å². The summed E-state index contributed by atoms with van der Waals surface area (Å²) in [7, 11) is 0. The molecule has 1 fully saturated rings. The Bertz CT molecular complexity index is 1660. The van der Waals surface area contributed by atoms with Gasteiger partial charge in [-0.05, 0) is 105 Å². The number of amides is 1. The lowest BCUT2D eigenvalue weighted by atomic mass is 9.78. The standard InChI is InChI=1S/C31H31ClN6O4/c1-30(2,3)42-28(39)20-6-9-24(10-7-20)34-29(40)31(16-19-4-5-19)13-12-21-14-22(17-38(41)27(21)31)25-15-23(32)8-11-26(25)37-18-33-35-36-37/h6-11,14-15,17-19H,4-5,12-13,16H2,1-3H3,(H,34,40). The molecule has 4 aromatic rings. The molecule has 0 bridgehead atoms. The maximum absolute atomic E-state index is 14.0. The highest BCUT2D eigenvalue weighted by molar-refractivity contribution is 6.31. The lowest BCUT2D eigenvalue weighted by Gasteiger charge is -2.27. The second-order valence-electron chi connectivity index (χ2n) is 12.1. The van der Waals surface area contributed by atoms with Gasteiger partial charge in [0.15, 0.2) is 6.20 Å². The maximum atomic E-state index is 14.0. The number of esters is 1. The normalized spacial score (nSPS) is 18.0. The molecular weight excluding hydrogens is 556 g/mol. The molecule has 2 aliphatic carbocycles. The van der Waals surface area contributed by atoms with E-state index < -0.39 is 17.0 Å². The molecule has 1 amide bonds. The van der Waals surface area contributed by atoms with E-state index in [4.69, 9.17) is 16.3 Å². The topological polar surface area (TPSA) is 126 Å². The highest BCUT2D eigenvalue weighted by atomic mass is 35.5. The van der Waals surface area contributed by atoms with E-state index in [0.717, 1.165) is 23.1 Å². The molecule has 2 aromatic carbocycles. The van der Waals surface area contributed by atoms with E-state index in [9.17, 15) is 14.8 Å². The molecule has 1 N–H and O–H groups in total. The summed E-state index contributed by atoms with van der Waals surface area (Å²) >= 11 is 6.34. The predicted molar refractivity (Wildman–Crippen MR) is 156 cm³/mol. The number of halogens is 1. The fraction of sp³-hybridized carbons (Fsp3) is 0.355. The Morgan fingerprint density at radius 3 is 2.60 bits per heavy atom. The number of benzene rings is 2. The van der Waals surface area contributed by atoms with Crippen LogP contribution in [-0.4, -0.2) is 37.7 Å². The zero-order chi connectivity index (χ0) is 29.6. The summed E-state index contributed by atoms with van der Waals surface area (Å²) in [5.41, 5.74) is 2.75. The first-order chi connectivity index (χ1) is 20.0. The van der Waals surface area contributed by atoms with Crippen LogP contribution < -0.4 is 10.0 Å². The molecule has 1 atom stereocenters. The van der Waals surface area contributed by atoms with Crippen LogP contribution in [0.4, 0.5) is 5.69 Å². The molecular formula is C31H31ClN6O4. The Morgan fingerprint density at radius 1 is 1.17 bits per heavy atom. The smallest absolute Gasteiger partial charge is 0.338 e. The number of hydrogen-bond donors (Lipinski definition) is 1. The zero-order valence-electron chi connectivity index (χ0n) is 23.6. The van der Waals surface area contributed by atoms with Gasteiger partial charge in [0.25, 0.3) is 0 Å². The highest BCUT2D eigenvalue weighted by Crippen LogP contribution is 2.49. The number of tetrazole rings is 1. The summed E-state index contributed by atoms with van der Waals surface area (Å²) in [4.78, 5) is 26.5. The number of fused-ring (bicyclic) bond motifs is 1. The van der Waals surface area contributed by atoms with Crippen molar-refractivity contribution in [1.82, 2.24) is 20.2 Å². The monoisotopic (exact) mass is 586 g/mol. The van der Waals surface area contributed by atoms with Gasteiger partial charge in [-0.15, -0.1) is 5.10 Å². The van der Waals surface area contributed by atoms with Crippen molar-refractivity contribution in [2.45, 2.75) is 63.9 Å². The minimum atomic E-state index is -0.965. The minimum absolute atomic E-state index is 0.215. The van der Waals surface area contributed by atoms with E-state index in [1.165, 1.54) is 17.2 Å². The second kappa shape index (κ2) is 10.5. The third-order valence-electron chi connectivity index (χ3n) is 7.80. The van der Waals surface area contributed by atoms with Gasteiger partial charge in [0, 0.05) is 27.4 Å². The lowest BCUT2D eigenvalue weighted by molar-refractivity contribution is -0.616.